The van der Waals surface area contributed by atoms with Gasteiger partial charge in [-0.15, -0.1) is 0 Å². The largest absolute Gasteiger partial charge is 0.496 e. The third-order valence-corrected chi connectivity index (χ3v) is 3.60. The maximum absolute atomic E-state index is 12.1. The van der Waals surface area contributed by atoms with E-state index in [0.717, 1.165) is 0 Å². The molecule has 1 heterocycles. The molecule has 26 heavy (non-hydrogen) atoms. The number of nitrogens with zero attached hydrogens (tertiary/aromatic N) is 1. The Morgan fingerprint density at radius 1 is 1.38 bits per heavy atom. The number of amides is 2. The van der Waals surface area contributed by atoms with Gasteiger partial charge in [-0.25, -0.2) is 9.59 Å². The Hall–Kier alpha value is -3.30. The van der Waals surface area contributed by atoms with E-state index in [2.05, 4.69) is 10.6 Å². The van der Waals surface area contributed by atoms with Crippen LogP contribution in [-0.2, 0) is 9.53 Å². The summed E-state index contributed by atoms with van der Waals surface area (Å²) in [5.74, 6) is -0.318. The van der Waals surface area contributed by atoms with Crippen LogP contribution in [0.5, 0.6) is 11.5 Å². The van der Waals surface area contributed by atoms with Crippen LogP contribution in [0.4, 0.5) is 10.5 Å². The quantitative estimate of drug-likeness (QED) is 0.425. The highest BCUT2D eigenvalue weighted by molar-refractivity contribution is 5.94. The number of benzene rings is 1. The normalized spacial score (nSPS) is 16.4. The fourth-order valence-electron chi connectivity index (χ4n) is 2.43. The van der Waals surface area contributed by atoms with Gasteiger partial charge in [0, 0.05) is 0 Å². The summed E-state index contributed by atoms with van der Waals surface area (Å²) in [7, 11) is 1.39. The Labute approximate surface area is 149 Å². The predicted octanol–water partition coefficient (Wildman–Crippen LogP) is 1.50. The van der Waals surface area contributed by atoms with E-state index in [9.17, 15) is 19.7 Å². The Bertz CT molecular complexity index is 760. The molecule has 10 heteroatoms. The van der Waals surface area contributed by atoms with Gasteiger partial charge < -0.3 is 24.8 Å². The smallest absolute Gasteiger partial charge is 0.338 e. The highest BCUT2D eigenvalue weighted by Gasteiger charge is 2.30. The van der Waals surface area contributed by atoms with Crippen molar-refractivity contribution in [3.05, 3.63) is 39.6 Å². The van der Waals surface area contributed by atoms with Gasteiger partial charge in [0.1, 0.15) is 12.4 Å². The molecule has 2 N–H and O–H groups in total. The lowest BCUT2D eigenvalue weighted by Gasteiger charge is -2.26. The van der Waals surface area contributed by atoms with Crippen LogP contribution in [0.15, 0.2) is 29.5 Å². The van der Waals surface area contributed by atoms with Crippen molar-refractivity contribution in [2.24, 2.45) is 0 Å². The number of hydrogen-bond acceptors (Lipinski definition) is 7. The number of esters is 1. The molecule has 10 nitrogen and oxygen atoms in total. The minimum Gasteiger partial charge on any atom is -0.496 e. The van der Waals surface area contributed by atoms with Crippen molar-refractivity contribution in [3.8, 4) is 11.5 Å². The molecular formula is C16H19N3O7. The van der Waals surface area contributed by atoms with Crippen molar-refractivity contribution >= 4 is 17.7 Å². The van der Waals surface area contributed by atoms with E-state index in [-0.39, 0.29) is 35.9 Å². The fourth-order valence-corrected chi connectivity index (χ4v) is 2.43. The van der Waals surface area contributed by atoms with Gasteiger partial charge in [-0.2, -0.15) is 0 Å². The summed E-state index contributed by atoms with van der Waals surface area (Å²) >= 11 is 0. The van der Waals surface area contributed by atoms with E-state index in [4.69, 9.17) is 14.2 Å². The van der Waals surface area contributed by atoms with Crippen LogP contribution in [-0.4, -0.2) is 43.3 Å². The van der Waals surface area contributed by atoms with Crippen LogP contribution in [0.25, 0.3) is 0 Å². The first-order valence-corrected chi connectivity index (χ1v) is 7.80. The molecule has 0 fully saturated rings. The summed E-state index contributed by atoms with van der Waals surface area (Å²) in [6.07, 6.45) is 0. The van der Waals surface area contributed by atoms with E-state index in [1.807, 2.05) is 0 Å². The van der Waals surface area contributed by atoms with Crippen molar-refractivity contribution in [3.63, 3.8) is 0 Å². The summed E-state index contributed by atoms with van der Waals surface area (Å²) in [6, 6.07) is 3.01. The van der Waals surface area contributed by atoms with Crippen LogP contribution in [0, 0.1) is 10.1 Å². The van der Waals surface area contributed by atoms with Crippen molar-refractivity contribution in [1.29, 1.82) is 0 Å². The second kappa shape index (κ2) is 8.19. The monoisotopic (exact) mass is 365 g/mol. The molecule has 2 rings (SSSR count). The number of carbonyl (C=O) groups is 2. The number of carbonyl (C=O) groups excluding carboxylic acids is 2. The Morgan fingerprint density at radius 2 is 2.12 bits per heavy atom. The Morgan fingerprint density at radius 3 is 2.73 bits per heavy atom. The molecule has 1 aliphatic heterocycles. The van der Waals surface area contributed by atoms with Gasteiger partial charge in [-0.1, -0.05) is 0 Å². The molecule has 0 radical (unpaired) electrons. The van der Waals surface area contributed by atoms with Gasteiger partial charge in [0.2, 0.25) is 0 Å². The van der Waals surface area contributed by atoms with Gasteiger partial charge in [0.25, 0.3) is 0 Å². The van der Waals surface area contributed by atoms with Gasteiger partial charge in [-0.3, -0.25) is 10.1 Å². The molecule has 0 unspecified atom stereocenters. The van der Waals surface area contributed by atoms with Crippen molar-refractivity contribution in [1.82, 2.24) is 10.6 Å². The van der Waals surface area contributed by atoms with Gasteiger partial charge in [-0.05, 0) is 26.0 Å². The highest BCUT2D eigenvalue weighted by atomic mass is 16.6. The molecule has 0 aromatic heterocycles. The van der Waals surface area contributed by atoms with E-state index < -0.39 is 23.0 Å². The summed E-state index contributed by atoms with van der Waals surface area (Å²) in [6.45, 7) is 3.20. The van der Waals surface area contributed by atoms with Crippen molar-refractivity contribution < 1.29 is 28.7 Å². The zero-order valence-corrected chi connectivity index (χ0v) is 14.5. The number of methoxy groups -OCH3 is 1. The van der Waals surface area contributed by atoms with Crippen LogP contribution in [0.2, 0.25) is 0 Å². The van der Waals surface area contributed by atoms with Crippen LogP contribution >= 0.6 is 0 Å². The molecule has 1 atom stereocenters. The number of rotatable bonds is 7. The van der Waals surface area contributed by atoms with Gasteiger partial charge in [0.05, 0.1) is 42.0 Å². The molecule has 1 aromatic carbocycles. The number of nitro groups is 1. The van der Waals surface area contributed by atoms with Crippen molar-refractivity contribution in [2.45, 2.75) is 19.9 Å². The van der Waals surface area contributed by atoms with E-state index in [0.29, 0.717) is 5.75 Å². The zero-order chi connectivity index (χ0) is 19.3. The maximum atomic E-state index is 12.1. The third-order valence-electron chi connectivity index (χ3n) is 3.60. The highest BCUT2D eigenvalue weighted by Crippen LogP contribution is 2.31. The van der Waals surface area contributed by atoms with Crippen LogP contribution in [0.1, 0.15) is 13.8 Å². The lowest BCUT2D eigenvalue weighted by Crippen LogP contribution is -2.50. The summed E-state index contributed by atoms with van der Waals surface area (Å²) in [5, 5.41) is 16.2. The molecule has 140 valence electrons. The number of nitrogens with one attached hydrogen (secondary N) is 2. The molecule has 0 bridgehead atoms. The Kier molecular flexibility index (Phi) is 5.99. The van der Waals surface area contributed by atoms with E-state index >= 15 is 0 Å². The second-order valence-corrected chi connectivity index (χ2v) is 5.31. The number of hydrogen-bond donors (Lipinski definition) is 2. The molecule has 1 aromatic rings. The Balaban J connectivity index is 2.30. The molecular weight excluding hydrogens is 346 g/mol. The average molecular weight is 365 g/mol. The average Bonchev–Trinajstić information content (AvgIpc) is 2.59. The van der Waals surface area contributed by atoms with E-state index in [1.54, 1.807) is 13.8 Å². The van der Waals surface area contributed by atoms with Crippen LogP contribution in [0.3, 0.4) is 0 Å². The zero-order valence-electron chi connectivity index (χ0n) is 14.5. The number of nitro benzene ring substituents is 1. The molecule has 1 aliphatic rings. The molecule has 0 saturated carbocycles. The number of ether oxygens (including phenoxy) is 3. The minimum atomic E-state index is -0.609. The summed E-state index contributed by atoms with van der Waals surface area (Å²) in [4.78, 5) is 34.4. The second-order valence-electron chi connectivity index (χ2n) is 5.31. The summed E-state index contributed by atoms with van der Waals surface area (Å²) < 4.78 is 15.4. The fraction of sp³-hybridized carbons (Fsp3) is 0.375. The van der Waals surface area contributed by atoms with E-state index in [1.165, 1.54) is 25.3 Å². The molecule has 0 saturated heterocycles. The first-order chi connectivity index (χ1) is 12.4. The first-order valence-electron chi connectivity index (χ1n) is 7.80. The van der Waals surface area contributed by atoms with Gasteiger partial charge >= 0.3 is 17.7 Å². The lowest BCUT2D eigenvalue weighted by molar-refractivity contribution is -0.385. The SMILES string of the molecule is CCOC(=O)C1=C(COc2ccc(OC)cc2[N+](=O)[O-])NC(=O)N[C@H]1C. The van der Waals surface area contributed by atoms with Gasteiger partial charge in [0.15, 0.2) is 5.75 Å². The predicted molar refractivity (Wildman–Crippen MR) is 89.9 cm³/mol. The molecule has 2 amide bonds. The first kappa shape index (κ1) is 19.0. The third kappa shape index (κ3) is 4.21. The maximum Gasteiger partial charge on any atom is 0.338 e. The summed E-state index contributed by atoms with van der Waals surface area (Å²) in [5.41, 5.74) is 0.0865. The van der Waals surface area contributed by atoms with Crippen LogP contribution < -0.4 is 20.1 Å². The topological polar surface area (TPSA) is 129 Å². The molecule has 0 spiro atoms. The van der Waals surface area contributed by atoms with Crippen molar-refractivity contribution in [2.75, 3.05) is 20.3 Å². The molecule has 0 aliphatic carbocycles. The minimum absolute atomic E-state index is 0.0213. The number of urea groups is 1. The lowest BCUT2D eigenvalue weighted by atomic mass is 10.0. The standard InChI is InChI=1S/C16H19N3O7/c1-4-25-15(20)14-9(2)17-16(21)18-11(14)8-26-13-6-5-10(24-3)7-12(13)19(22)23/h5-7,9H,4,8H2,1-3H3,(H2,17,18,21)/t9-/m0/s1.